The Bertz CT molecular complexity index is 2420. The zero-order chi connectivity index (χ0) is 28.3. The minimum absolute atomic E-state index is 1.16. The van der Waals surface area contributed by atoms with Gasteiger partial charge >= 0.3 is 0 Å². The van der Waals surface area contributed by atoms with Crippen molar-refractivity contribution in [2.45, 2.75) is 0 Å². The lowest BCUT2D eigenvalue weighted by molar-refractivity contribution is 1.14. The fourth-order valence-corrected chi connectivity index (χ4v) is 7.04. The van der Waals surface area contributed by atoms with E-state index in [2.05, 4.69) is 168 Å². The number of aromatic nitrogens is 1. The van der Waals surface area contributed by atoms with Crippen LogP contribution in [0.15, 0.2) is 164 Å². The van der Waals surface area contributed by atoms with Crippen LogP contribution in [0.25, 0.3) is 82.4 Å². The van der Waals surface area contributed by atoms with E-state index in [9.17, 15) is 0 Å². The third-order valence-corrected chi connectivity index (χ3v) is 8.95. The molecule has 0 N–H and O–H groups in total. The molecule has 1 nitrogen and oxygen atoms in total. The molecule has 9 aromatic rings. The van der Waals surface area contributed by atoms with Crippen molar-refractivity contribution in [1.82, 2.24) is 4.57 Å². The predicted molar refractivity (Wildman–Crippen MR) is 183 cm³/mol. The Balaban J connectivity index is 1.46. The van der Waals surface area contributed by atoms with E-state index in [1.54, 1.807) is 0 Å². The van der Waals surface area contributed by atoms with Crippen LogP contribution in [0, 0.1) is 0 Å². The van der Waals surface area contributed by atoms with Gasteiger partial charge in [0, 0.05) is 16.6 Å². The van der Waals surface area contributed by atoms with Crippen molar-refractivity contribution in [3.8, 4) is 39.2 Å². The molecule has 43 heavy (non-hydrogen) atoms. The first-order valence-electron chi connectivity index (χ1n) is 14.9. The van der Waals surface area contributed by atoms with Gasteiger partial charge in [-0.25, -0.2) is 0 Å². The summed E-state index contributed by atoms with van der Waals surface area (Å²) in [6.45, 7) is 0. The molecule has 0 aliphatic heterocycles. The van der Waals surface area contributed by atoms with E-state index >= 15 is 0 Å². The van der Waals surface area contributed by atoms with Gasteiger partial charge in [-0.15, -0.1) is 0 Å². The van der Waals surface area contributed by atoms with Gasteiger partial charge in [0.1, 0.15) is 0 Å². The van der Waals surface area contributed by atoms with Gasteiger partial charge in [-0.05, 0) is 84.9 Å². The molecule has 0 spiro atoms. The molecule has 0 saturated carbocycles. The second-order valence-corrected chi connectivity index (χ2v) is 11.3. The van der Waals surface area contributed by atoms with E-state index in [-0.39, 0.29) is 0 Å². The quantitative estimate of drug-likeness (QED) is 0.194. The maximum atomic E-state index is 2.42. The van der Waals surface area contributed by atoms with Gasteiger partial charge in [-0.1, -0.05) is 133 Å². The van der Waals surface area contributed by atoms with Crippen LogP contribution < -0.4 is 0 Å². The van der Waals surface area contributed by atoms with Gasteiger partial charge in [-0.3, -0.25) is 0 Å². The van der Waals surface area contributed by atoms with Crippen molar-refractivity contribution in [3.05, 3.63) is 164 Å². The summed E-state index contributed by atoms with van der Waals surface area (Å²) in [6.07, 6.45) is 0. The highest BCUT2D eigenvalue weighted by atomic mass is 15.0. The third-order valence-electron chi connectivity index (χ3n) is 8.95. The number of para-hydroxylation sites is 2. The smallest absolute Gasteiger partial charge is 0.0547 e. The monoisotopic (exact) mass is 545 g/mol. The van der Waals surface area contributed by atoms with Crippen molar-refractivity contribution < 1.29 is 0 Å². The Morgan fingerprint density at radius 3 is 1.65 bits per heavy atom. The van der Waals surface area contributed by atoms with Gasteiger partial charge in [-0.2, -0.15) is 0 Å². The van der Waals surface area contributed by atoms with E-state index in [0.717, 1.165) is 5.69 Å². The van der Waals surface area contributed by atoms with E-state index in [0.29, 0.717) is 0 Å². The van der Waals surface area contributed by atoms with Crippen LogP contribution in [0.5, 0.6) is 0 Å². The molecular formula is C42H27N. The van der Waals surface area contributed by atoms with Crippen LogP contribution in [0.3, 0.4) is 0 Å². The Kier molecular flexibility index (Phi) is 5.27. The molecule has 0 atom stereocenters. The van der Waals surface area contributed by atoms with Crippen LogP contribution in [-0.4, -0.2) is 4.57 Å². The van der Waals surface area contributed by atoms with Crippen molar-refractivity contribution in [2.24, 2.45) is 0 Å². The van der Waals surface area contributed by atoms with Crippen LogP contribution in [0.1, 0.15) is 0 Å². The first-order valence-corrected chi connectivity index (χ1v) is 14.9. The molecule has 200 valence electrons. The van der Waals surface area contributed by atoms with Gasteiger partial charge in [0.25, 0.3) is 0 Å². The zero-order valence-electron chi connectivity index (χ0n) is 23.5. The fraction of sp³-hybridized carbons (Fsp3) is 0. The lowest BCUT2D eigenvalue weighted by Crippen LogP contribution is -1.98. The molecule has 0 bridgehead atoms. The highest BCUT2D eigenvalue weighted by Crippen LogP contribution is 2.47. The highest BCUT2D eigenvalue weighted by molar-refractivity contribution is 6.30. The molecule has 1 heterocycles. The summed E-state index contributed by atoms with van der Waals surface area (Å²) < 4.78 is 2.42. The Morgan fingerprint density at radius 1 is 0.349 bits per heavy atom. The summed E-state index contributed by atoms with van der Waals surface area (Å²) >= 11 is 0. The molecule has 0 amide bonds. The van der Waals surface area contributed by atoms with Crippen LogP contribution in [0.2, 0.25) is 0 Å². The number of hydrogen-bond acceptors (Lipinski definition) is 0. The first kappa shape index (κ1) is 24.0. The fourth-order valence-electron chi connectivity index (χ4n) is 7.04. The Morgan fingerprint density at radius 2 is 0.907 bits per heavy atom. The molecule has 8 aromatic carbocycles. The van der Waals surface area contributed by atoms with E-state index in [4.69, 9.17) is 0 Å². The van der Waals surface area contributed by atoms with Gasteiger partial charge in [0.2, 0.25) is 0 Å². The SMILES string of the molecule is c1ccc(-c2ccc3ccc4c(-c5ccccc5)cc(-c5cc6ccccc6n5-c5ccccc5)c5ccc2c3c45)cc1. The van der Waals surface area contributed by atoms with Crippen LogP contribution in [0.4, 0.5) is 0 Å². The molecular weight excluding hydrogens is 518 g/mol. The summed E-state index contributed by atoms with van der Waals surface area (Å²) in [6, 6.07) is 59.7. The summed E-state index contributed by atoms with van der Waals surface area (Å²) in [5, 5.41) is 9.02. The zero-order valence-corrected chi connectivity index (χ0v) is 23.5. The Hall–Kier alpha value is -5.66. The van der Waals surface area contributed by atoms with Gasteiger partial charge in [0.05, 0.1) is 11.2 Å². The number of rotatable bonds is 4. The van der Waals surface area contributed by atoms with Crippen molar-refractivity contribution in [2.75, 3.05) is 0 Å². The number of benzene rings is 8. The normalized spacial score (nSPS) is 11.7. The maximum absolute atomic E-state index is 2.42. The van der Waals surface area contributed by atoms with E-state index < -0.39 is 0 Å². The van der Waals surface area contributed by atoms with E-state index in [1.807, 2.05) is 0 Å². The lowest BCUT2D eigenvalue weighted by atomic mass is 9.85. The molecule has 0 unspecified atom stereocenters. The van der Waals surface area contributed by atoms with Gasteiger partial charge < -0.3 is 4.57 Å². The number of fused-ring (bicyclic) bond motifs is 1. The van der Waals surface area contributed by atoms with Crippen LogP contribution in [-0.2, 0) is 0 Å². The molecule has 0 aliphatic carbocycles. The summed E-state index contributed by atoms with van der Waals surface area (Å²) in [5.74, 6) is 0. The summed E-state index contributed by atoms with van der Waals surface area (Å²) in [5.41, 5.74) is 9.82. The van der Waals surface area contributed by atoms with E-state index in [1.165, 1.54) is 76.7 Å². The number of nitrogens with zero attached hydrogens (tertiary/aromatic N) is 1. The molecule has 0 fully saturated rings. The minimum Gasteiger partial charge on any atom is -0.309 e. The highest BCUT2D eigenvalue weighted by Gasteiger charge is 2.21. The Labute approximate surface area is 250 Å². The summed E-state index contributed by atoms with van der Waals surface area (Å²) in [4.78, 5) is 0. The molecule has 0 saturated heterocycles. The molecule has 0 aliphatic rings. The molecule has 0 radical (unpaired) electrons. The first-order chi connectivity index (χ1) is 21.3. The second kappa shape index (κ2) is 9.44. The van der Waals surface area contributed by atoms with Crippen molar-refractivity contribution in [3.63, 3.8) is 0 Å². The average molecular weight is 546 g/mol. The number of hydrogen-bond donors (Lipinski definition) is 0. The van der Waals surface area contributed by atoms with Crippen molar-refractivity contribution in [1.29, 1.82) is 0 Å². The average Bonchev–Trinajstić information content (AvgIpc) is 3.47. The molecule has 9 rings (SSSR count). The van der Waals surface area contributed by atoms with Crippen molar-refractivity contribution >= 4 is 43.2 Å². The van der Waals surface area contributed by atoms with Gasteiger partial charge in [0.15, 0.2) is 0 Å². The predicted octanol–water partition coefficient (Wildman–Crippen LogP) is 11.5. The third kappa shape index (κ3) is 3.65. The maximum Gasteiger partial charge on any atom is 0.0547 e. The second-order valence-electron chi connectivity index (χ2n) is 11.3. The molecule has 1 aromatic heterocycles. The molecule has 1 heteroatoms. The topological polar surface area (TPSA) is 4.93 Å². The van der Waals surface area contributed by atoms with Crippen LogP contribution >= 0.6 is 0 Å². The lowest BCUT2D eigenvalue weighted by Gasteiger charge is -2.20. The standard InChI is InChI=1S/C42H27N/c1-4-12-28(13-5-1)33-22-20-30-21-23-35-37(29-14-6-2-7-15-29)27-38(36-25-24-34(33)41(30)42(35)36)40-26-31-16-10-11-19-39(31)43(40)32-17-8-3-9-18-32/h1-27H. The summed E-state index contributed by atoms with van der Waals surface area (Å²) in [7, 11) is 0. The largest absolute Gasteiger partial charge is 0.309 e. The minimum atomic E-state index is 1.16.